The van der Waals surface area contributed by atoms with Crippen LogP contribution in [0, 0.1) is 41.4 Å². The molecule has 1 heterocycles. The number of carbonyl (C=O) groups excluding carboxylic acids is 1. The fraction of sp³-hybridized carbons (Fsp3) is 0.870. The number of carbonyl (C=O) groups is 1. The van der Waals surface area contributed by atoms with Gasteiger partial charge in [-0.25, -0.2) is 0 Å². The minimum absolute atomic E-state index is 0.139. The van der Waals surface area contributed by atoms with Crippen LogP contribution in [0.4, 0.5) is 0 Å². The Labute approximate surface area is 156 Å². The van der Waals surface area contributed by atoms with Gasteiger partial charge in [-0.2, -0.15) is 0 Å². The van der Waals surface area contributed by atoms with Crippen molar-refractivity contribution >= 4 is 5.97 Å². The van der Waals surface area contributed by atoms with Crippen molar-refractivity contribution < 1.29 is 14.3 Å². The summed E-state index contributed by atoms with van der Waals surface area (Å²) in [6, 6.07) is 0. The van der Waals surface area contributed by atoms with E-state index in [0.29, 0.717) is 5.92 Å². The smallest absolute Gasteiger partial charge is 0.309 e. The Kier molecular flexibility index (Phi) is 3.62. The number of fused-ring (bicyclic) bond motifs is 9. The standard InChI is InChI=1S/C23H32O3/c24-22(26-23(8-2-1-3-9-23)19-5-4-10-25-19)18-13-16-12-17(18)21-15-7-6-14(11-15)20(16)21/h6-7,14-21H,1-5,8-13H2. The van der Waals surface area contributed by atoms with Crippen LogP contribution in [0.5, 0.6) is 0 Å². The van der Waals surface area contributed by atoms with Crippen molar-refractivity contribution in [3.05, 3.63) is 12.2 Å². The van der Waals surface area contributed by atoms with Crippen LogP contribution in [-0.4, -0.2) is 24.3 Å². The highest BCUT2D eigenvalue weighted by atomic mass is 16.6. The number of allylic oxidation sites excluding steroid dienone is 2. The molecule has 0 amide bonds. The van der Waals surface area contributed by atoms with Gasteiger partial charge in [-0.3, -0.25) is 4.79 Å². The molecule has 6 aliphatic rings. The van der Waals surface area contributed by atoms with Crippen molar-refractivity contribution in [3.63, 3.8) is 0 Å². The molecule has 8 atom stereocenters. The van der Waals surface area contributed by atoms with Gasteiger partial charge in [0, 0.05) is 6.61 Å². The number of esters is 1. The van der Waals surface area contributed by atoms with Gasteiger partial charge in [0.1, 0.15) is 5.60 Å². The average molecular weight is 357 g/mol. The van der Waals surface area contributed by atoms with Crippen molar-refractivity contribution in [3.8, 4) is 0 Å². The van der Waals surface area contributed by atoms with Crippen LogP contribution in [0.25, 0.3) is 0 Å². The van der Waals surface area contributed by atoms with E-state index in [1.54, 1.807) is 0 Å². The zero-order valence-corrected chi connectivity index (χ0v) is 15.8. The summed E-state index contributed by atoms with van der Waals surface area (Å²) in [5.41, 5.74) is -0.304. The molecule has 1 aliphatic heterocycles. The van der Waals surface area contributed by atoms with Gasteiger partial charge in [-0.05, 0) is 93.3 Å². The van der Waals surface area contributed by atoms with Crippen LogP contribution in [-0.2, 0) is 14.3 Å². The molecule has 4 bridgehead atoms. The second-order valence-corrected chi connectivity index (χ2v) is 10.2. The largest absolute Gasteiger partial charge is 0.456 e. The molecule has 0 radical (unpaired) electrons. The molecule has 5 fully saturated rings. The topological polar surface area (TPSA) is 35.5 Å². The van der Waals surface area contributed by atoms with E-state index in [9.17, 15) is 4.79 Å². The quantitative estimate of drug-likeness (QED) is 0.424. The first-order valence-electron chi connectivity index (χ1n) is 11.3. The molecule has 8 unspecified atom stereocenters. The van der Waals surface area contributed by atoms with Crippen molar-refractivity contribution in [1.29, 1.82) is 0 Å². The summed E-state index contributed by atoms with van der Waals surface area (Å²) in [5, 5.41) is 0. The van der Waals surface area contributed by atoms with Crippen molar-refractivity contribution in [2.75, 3.05) is 6.61 Å². The molecule has 26 heavy (non-hydrogen) atoms. The molecule has 0 spiro atoms. The lowest BCUT2D eigenvalue weighted by molar-refractivity contribution is -0.188. The first kappa shape index (κ1) is 16.2. The van der Waals surface area contributed by atoms with Crippen molar-refractivity contribution in [1.82, 2.24) is 0 Å². The Hall–Kier alpha value is -0.830. The van der Waals surface area contributed by atoms with E-state index in [1.807, 2.05) is 0 Å². The molecule has 0 N–H and O–H groups in total. The Morgan fingerprint density at radius 1 is 0.962 bits per heavy atom. The van der Waals surface area contributed by atoms with E-state index in [-0.39, 0.29) is 23.6 Å². The van der Waals surface area contributed by atoms with E-state index in [1.165, 1.54) is 32.1 Å². The van der Waals surface area contributed by atoms with Gasteiger partial charge in [0.2, 0.25) is 0 Å². The first-order valence-corrected chi connectivity index (χ1v) is 11.3. The molecule has 3 nitrogen and oxygen atoms in total. The summed E-state index contributed by atoms with van der Waals surface area (Å²) in [6.45, 7) is 0.844. The number of hydrogen-bond donors (Lipinski definition) is 0. The molecule has 1 saturated heterocycles. The molecule has 6 rings (SSSR count). The first-order chi connectivity index (χ1) is 12.8. The second-order valence-electron chi connectivity index (χ2n) is 10.2. The number of hydrogen-bond acceptors (Lipinski definition) is 3. The third-order valence-corrected chi connectivity index (χ3v) is 9.09. The number of rotatable bonds is 3. The van der Waals surface area contributed by atoms with Gasteiger partial charge >= 0.3 is 5.97 Å². The Morgan fingerprint density at radius 3 is 2.54 bits per heavy atom. The lowest BCUT2D eigenvalue weighted by atomic mass is 9.69. The molecular weight excluding hydrogens is 324 g/mol. The Morgan fingerprint density at radius 2 is 1.77 bits per heavy atom. The van der Waals surface area contributed by atoms with Gasteiger partial charge in [0.25, 0.3) is 0 Å². The minimum atomic E-state index is -0.304. The molecule has 3 heteroatoms. The normalized spacial score (nSPS) is 50.3. The van der Waals surface area contributed by atoms with Gasteiger partial charge in [-0.15, -0.1) is 0 Å². The lowest BCUT2D eigenvalue weighted by Gasteiger charge is -2.43. The van der Waals surface area contributed by atoms with Gasteiger partial charge in [0.15, 0.2) is 0 Å². The zero-order chi connectivity index (χ0) is 17.3. The molecule has 5 aliphatic carbocycles. The van der Waals surface area contributed by atoms with Gasteiger partial charge in [-0.1, -0.05) is 18.6 Å². The Bertz CT molecular complexity index is 613. The molecule has 142 valence electrons. The molecule has 0 aromatic rings. The number of ether oxygens (including phenoxy) is 2. The Balaban J connectivity index is 1.21. The molecular formula is C23H32O3. The lowest BCUT2D eigenvalue weighted by Crippen LogP contribution is -2.49. The summed E-state index contributed by atoms with van der Waals surface area (Å²) in [4.78, 5) is 13.4. The average Bonchev–Trinajstić information content (AvgIpc) is 3.48. The third kappa shape index (κ3) is 2.19. The SMILES string of the molecule is O=C(OC1(C2CCCO2)CCCCC1)C1CC2CC1C1C3C=CC(C3)C21. The second kappa shape index (κ2) is 5.83. The van der Waals surface area contributed by atoms with Crippen molar-refractivity contribution in [2.24, 2.45) is 41.4 Å². The molecule has 4 saturated carbocycles. The van der Waals surface area contributed by atoms with Gasteiger partial charge in [0.05, 0.1) is 12.0 Å². The van der Waals surface area contributed by atoms with Crippen LogP contribution < -0.4 is 0 Å². The van der Waals surface area contributed by atoms with E-state index in [4.69, 9.17) is 9.47 Å². The predicted octanol–water partition coefficient (Wildman–Crippen LogP) is 4.51. The van der Waals surface area contributed by atoms with Crippen LogP contribution >= 0.6 is 0 Å². The van der Waals surface area contributed by atoms with Gasteiger partial charge < -0.3 is 9.47 Å². The molecule has 0 aromatic heterocycles. The fourth-order valence-electron chi connectivity index (χ4n) is 8.20. The van der Waals surface area contributed by atoms with Crippen molar-refractivity contribution in [2.45, 2.75) is 75.9 Å². The van der Waals surface area contributed by atoms with E-state index in [2.05, 4.69) is 12.2 Å². The monoisotopic (exact) mass is 356 g/mol. The summed E-state index contributed by atoms with van der Waals surface area (Å²) < 4.78 is 12.5. The highest BCUT2D eigenvalue weighted by molar-refractivity contribution is 5.74. The van der Waals surface area contributed by atoms with Crippen LogP contribution in [0.3, 0.4) is 0 Å². The maximum Gasteiger partial charge on any atom is 0.309 e. The summed E-state index contributed by atoms with van der Waals surface area (Å²) in [7, 11) is 0. The summed E-state index contributed by atoms with van der Waals surface area (Å²) >= 11 is 0. The van der Waals surface area contributed by atoms with E-state index < -0.39 is 0 Å². The highest BCUT2D eigenvalue weighted by Gasteiger charge is 2.63. The summed E-state index contributed by atoms with van der Waals surface area (Å²) in [6.07, 6.45) is 16.7. The maximum absolute atomic E-state index is 13.4. The van der Waals surface area contributed by atoms with E-state index >= 15 is 0 Å². The maximum atomic E-state index is 13.4. The summed E-state index contributed by atoms with van der Waals surface area (Å²) in [5.74, 6) is 4.96. The van der Waals surface area contributed by atoms with Crippen LogP contribution in [0.15, 0.2) is 12.2 Å². The third-order valence-electron chi connectivity index (χ3n) is 9.09. The highest BCUT2D eigenvalue weighted by Crippen LogP contribution is 2.67. The predicted molar refractivity (Wildman–Crippen MR) is 98.3 cm³/mol. The minimum Gasteiger partial charge on any atom is -0.456 e. The molecule has 0 aromatic carbocycles. The fourth-order valence-corrected chi connectivity index (χ4v) is 8.20. The van der Waals surface area contributed by atoms with Crippen LogP contribution in [0.2, 0.25) is 0 Å². The van der Waals surface area contributed by atoms with Crippen LogP contribution in [0.1, 0.15) is 64.2 Å². The van der Waals surface area contributed by atoms with E-state index in [0.717, 1.165) is 68.3 Å². The zero-order valence-electron chi connectivity index (χ0n) is 15.8.